The van der Waals surface area contributed by atoms with Crippen LogP contribution in [0.5, 0.6) is 0 Å². The lowest BCUT2D eigenvalue weighted by Gasteiger charge is -2.21. The lowest BCUT2D eigenvalue weighted by Crippen LogP contribution is -2.10. The first-order chi connectivity index (χ1) is 6.95. The summed E-state index contributed by atoms with van der Waals surface area (Å²) < 4.78 is 0. The van der Waals surface area contributed by atoms with Gasteiger partial charge >= 0.3 is 0 Å². The van der Waals surface area contributed by atoms with Gasteiger partial charge in [-0.2, -0.15) is 0 Å². The van der Waals surface area contributed by atoms with E-state index in [0.29, 0.717) is 12.2 Å². The molecular formula is C14H22O. The zero-order valence-electron chi connectivity index (χ0n) is 10.3. The smallest absolute Gasteiger partial charge is 0.0997 e. The van der Waals surface area contributed by atoms with Gasteiger partial charge < -0.3 is 5.11 Å². The topological polar surface area (TPSA) is 20.2 Å². The van der Waals surface area contributed by atoms with Crippen molar-refractivity contribution in [3.8, 4) is 0 Å². The molecule has 0 amide bonds. The Morgan fingerprint density at radius 1 is 1.27 bits per heavy atom. The third kappa shape index (κ3) is 3.26. The molecule has 0 saturated heterocycles. The van der Waals surface area contributed by atoms with Crippen LogP contribution in [0.15, 0.2) is 35.1 Å². The van der Waals surface area contributed by atoms with Crippen molar-refractivity contribution < 1.29 is 5.11 Å². The zero-order chi connectivity index (χ0) is 11.5. The van der Waals surface area contributed by atoms with E-state index in [4.69, 9.17) is 0 Å². The molecule has 1 N–H and O–H groups in total. The highest BCUT2D eigenvalue weighted by Crippen LogP contribution is 2.32. The maximum absolute atomic E-state index is 9.95. The van der Waals surface area contributed by atoms with Crippen LogP contribution in [0.2, 0.25) is 0 Å². The van der Waals surface area contributed by atoms with E-state index in [2.05, 4.69) is 45.9 Å². The molecule has 0 aromatic rings. The average molecular weight is 206 g/mol. The Balaban J connectivity index is 2.90. The molecule has 0 fully saturated rings. The molecule has 15 heavy (non-hydrogen) atoms. The van der Waals surface area contributed by atoms with Crippen molar-refractivity contribution >= 4 is 0 Å². The van der Waals surface area contributed by atoms with E-state index in [1.165, 1.54) is 5.57 Å². The molecule has 0 bridgehead atoms. The van der Waals surface area contributed by atoms with Crippen molar-refractivity contribution in [1.82, 2.24) is 0 Å². The zero-order valence-corrected chi connectivity index (χ0v) is 10.3. The van der Waals surface area contributed by atoms with Gasteiger partial charge in [-0.3, -0.25) is 0 Å². The highest BCUT2D eigenvalue weighted by atomic mass is 16.3. The molecule has 0 atom stereocenters. The number of allylic oxidation sites excluding steroid dienone is 5. The number of rotatable bonds is 2. The van der Waals surface area contributed by atoms with E-state index in [0.717, 1.165) is 18.4 Å². The van der Waals surface area contributed by atoms with Crippen LogP contribution >= 0.6 is 0 Å². The molecule has 0 spiro atoms. The minimum absolute atomic E-state index is 0.0239. The minimum Gasteiger partial charge on any atom is -0.512 e. The van der Waals surface area contributed by atoms with Gasteiger partial charge in [0.25, 0.3) is 0 Å². The Morgan fingerprint density at radius 2 is 1.93 bits per heavy atom. The van der Waals surface area contributed by atoms with Crippen molar-refractivity contribution in [2.75, 3.05) is 0 Å². The summed E-state index contributed by atoms with van der Waals surface area (Å²) in [5, 5.41) is 9.95. The summed E-state index contributed by atoms with van der Waals surface area (Å²) in [5.41, 5.74) is 2.42. The van der Waals surface area contributed by atoms with Gasteiger partial charge in [-0.05, 0) is 17.4 Å². The fourth-order valence-corrected chi connectivity index (χ4v) is 1.85. The molecule has 0 aromatic heterocycles. The normalized spacial score (nSPS) is 17.7. The van der Waals surface area contributed by atoms with Crippen molar-refractivity contribution in [2.45, 2.75) is 47.0 Å². The van der Waals surface area contributed by atoms with Crippen LogP contribution in [-0.4, -0.2) is 5.11 Å². The van der Waals surface area contributed by atoms with E-state index >= 15 is 0 Å². The van der Waals surface area contributed by atoms with Crippen LogP contribution in [0.4, 0.5) is 0 Å². The molecule has 84 valence electrons. The van der Waals surface area contributed by atoms with Crippen molar-refractivity contribution in [1.29, 1.82) is 0 Å². The van der Waals surface area contributed by atoms with Gasteiger partial charge in [-0.15, -0.1) is 0 Å². The van der Waals surface area contributed by atoms with Gasteiger partial charge in [0.1, 0.15) is 0 Å². The average Bonchev–Trinajstić information content (AvgIpc) is 2.28. The highest BCUT2D eigenvalue weighted by Gasteiger charge is 2.19. The van der Waals surface area contributed by atoms with Crippen molar-refractivity contribution in [3.63, 3.8) is 0 Å². The summed E-state index contributed by atoms with van der Waals surface area (Å²) in [6, 6.07) is 0. The monoisotopic (exact) mass is 206 g/mol. The first kappa shape index (κ1) is 12.1. The summed E-state index contributed by atoms with van der Waals surface area (Å²) in [5.74, 6) is 0.518. The summed E-state index contributed by atoms with van der Waals surface area (Å²) >= 11 is 0. The Hall–Kier alpha value is -0.980. The van der Waals surface area contributed by atoms with Gasteiger partial charge in [0.05, 0.1) is 5.76 Å². The number of hydrogen-bond donors (Lipinski definition) is 1. The molecule has 1 rings (SSSR count). The van der Waals surface area contributed by atoms with Gasteiger partial charge in [0, 0.05) is 6.42 Å². The van der Waals surface area contributed by atoms with Gasteiger partial charge in [0.15, 0.2) is 0 Å². The SMILES string of the molecule is CCCC1=CCC(O)=C(C(C)(C)C)C=C1. The third-order valence-corrected chi connectivity index (χ3v) is 2.68. The van der Waals surface area contributed by atoms with Crippen LogP contribution in [0.1, 0.15) is 47.0 Å². The second kappa shape index (κ2) is 4.69. The lowest BCUT2D eigenvalue weighted by molar-refractivity contribution is 0.370. The summed E-state index contributed by atoms with van der Waals surface area (Å²) in [7, 11) is 0. The Kier molecular flexibility index (Phi) is 3.78. The summed E-state index contributed by atoms with van der Waals surface area (Å²) in [6.07, 6.45) is 9.28. The van der Waals surface area contributed by atoms with Crippen LogP contribution in [0.3, 0.4) is 0 Å². The molecule has 1 aliphatic carbocycles. The van der Waals surface area contributed by atoms with Crippen LogP contribution in [-0.2, 0) is 0 Å². The quantitative estimate of drug-likeness (QED) is 0.703. The molecule has 0 radical (unpaired) electrons. The van der Waals surface area contributed by atoms with Crippen molar-refractivity contribution in [2.24, 2.45) is 5.41 Å². The van der Waals surface area contributed by atoms with Crippen LogP contribution < -0.4 is 0 Å². The minimum atomic E-state index is 0.0239. The fourth-order valence-electron chi connectivity index (χ4n) is 1.85. The maximum Gasteiger partial charge on any atom is 0.0997 e. The second-order valence-electron chi connectivity index (χ2n) is 5.18. The largest absolute Gasteiger partial charge is 0.512 e. The maximum atomic E-state index is 9.95. The number of aliphatic hydroxyl groups is 1. The van der Waals surface area contributed by atoms with Crippen LogP contribution in [0.25, 0.3) is 0 Å². The molecule has 1 aliphatic rings. The van der Waals surface area contributed by atoms with Gasteiger partial charge in [0.2, 0.25) is 0 Å². The first-order valence-corrected chi connectivity index (χ1v) is 5.75. The molecule has 1 nitrogen and oxygen atoms in total. The van der Waals surface area contributed by atoms with E-state index in [-0.39, 0.29) is 5.41 Å². The highest BCUT2D eigenvalue weighted by molar-refractivity contribution is 5.37. The molecule has 1 heteroatoms. The number of hydrogen-bond acceptors (Lipinski definition) is 1. The molecule has 0 unspecified atom stereocenters. The Morgan fingerprint density at radius 3 is 2.47 bits per heavy atom. The van der Waals surface area contributed by atoms with E-state index < -0.39 is 0 Å². The molecular weight excluding hydrogens is 184 g/mol. The lowest BCUT2D eigenvalue weighted by atomic mass is 9.85. The molecule has 0 aliphatic heterocycles. The predicted octanol–water partition coefficient (Wildman–Crippen LogP) is 4.53. The van der Waals surface area contributed by atoms with Crippen LogP contribution in [0, 0.1) is 5.41 Å². The molecule has 0 aromatic carbocycles. The first-order valence-electron chi connectivity index (χ1n) is 5.75. The summed E-state index contributed by atoms with van der Waals surface area (Å²) in [6.45, 7) is 8.58. The van der Waals surface area contributed by atoms with Gasteiger partial charge in [-0.1, -0.05) is 57.9 Å². The summed E-state index contributed by atoms with van der Waals surface area (Å²) in [4.78, 5) is 0. The molecule has 0 saturated carbocycles. The van der Waals surface area contributed by atoms with E-state index in [1.54, 1.807) is 0 Å². The van der Waals surface area contributed by atoms with E-state index in [1.807, 2.05) is 0 Å². The van der Waals surface area contributed by atoms with E-state index in [9.17, 15) is 5.11 Å². The Bertz CT molecular complexity index is 311. The Labute approximate surface area is 93.2 Å². The fraction of sp³-hybridized carbons (Fsp3) is 0.571. The van der Waals surface area contributed by atoms with Crippen molar-refractivity contribution in [3.05, 3.63) is 35.1 Å². The van der Waals surface area contributed by atoms with Gasteiger partial charge in [-0.25, -0.2) is 0 Å². The molecule has 0 heterocycles. The standard InChI is InChI=1S/C14H22O/c1-5-6-11-7-9-12(14(2,3)4)13(15)10-8-11/h7-9,15H,5-6,10H2,1-4H3. The predicted molar refractivity (Wildman–Crippen MR) is 65.9 cm³/mol. The third-order valence-electron chi connectivity index (χ3n) is 2.68. The second-order valence-corrected chi connectivity index (χ2v) is 5.18. The number of aliphatic hydroxyl groups excluding tert-OH is 1.